The monoisotopic (exact) mass is 322 g/mol. The highest BCUT2D eigenvalue weighted by atomic mass is 35.5. The first kappa shape index (κ1) is 20.6. The molecule has 0 radical (unpaired) electrons. The van der Waals surface area contributed by atoms with Crippen LogP contribution >= 0.6 is 12.4 Å². The van der Waals surface area contributed by atoms with Crippen LogP contribution in [0, 0.1) is 0 Å². The Morgan fingerprint density at radius 3 is 2.48 bits per heavy atom. The largest absolute Gasteiger partial charge is 0.480 e. The number of likely N-dealkylation sites (N-methyl/N-ethyl adjacent to an activating group) is 1. The highest BCUT2D eigenvalue weighted by molar-refractivity contribution is 5.85. The molecule has 126 valence electrons. The molecule has 0 aromatic heterocycles. The molecule has 0 aromatic carbocycles. The Hall–Kier alpha value is -0.360. The molecule has 0 spiro atoms. The van der Waals surface area contributed by atoms with Gasteiger partial charge in [-0.3, -0.25) is 9.69 Å². The van der Waals surface area contributed by atoms with E-state index >= 15 is 0 Å². The first-order valence-electron chi connectivity index (χ1n) is 7.82. The Morgan fingerprint density at radius 1 is 1.38 bits per heavy atom. The van der Waals surface area contributed by atoms with Gasteiger partial charge in [0.2, 0.25) is 0 Å². The van der Waals surface area contributed by atoms with Crippen LogP contribution in [0.5, 0.6) is 0 Å². The van der Waals surface area contributed by atoms with E-state index in [-0.39, 0.29) is 19.0 Å². The van der Waals surface area contributed by atoms with Crippen molar-refractivity contribution < 1.29 is 14.6 Å². The number of hydrogen-bond donors (Lipinski definition) is 1. The third-order valence-corrected chi connectivity index (χ3v) is 3.89. The summed E-state index contributed by atoms with van der Waals surface area (Å²) >= 11 is 0. The van der Waals surface area contributed by atoms with Crippen molar-refractivity contribution in [1.29, 1.82) is 0 Å². The van der Waals surface area contributed by atoms with Gasteiger partial charge in [-0.2, -0.15) is 0 Å². The zero-order valence-corrected chi connectivity index (χ0v) is 14.4. The van der Waals surface area contributed by atoms with Gasteiger partial charge in [-0.1, -0.05) is 6.92 Å². The predicted octanol–water partition coefficient (Wildman–Crippen LogP) is 2.09. The second kappa shape index (κ2) is 11.2. The quantitative estimate of drug-likeness (QED) is 0.659. The third kappa shape index (κ3) is 8.61. The molecular weight excluding hydrogens is 292 g/mol. The van der Waals surface area contributed by atoms with Gasteiger partial charge in [-0.25, -0.2) is 0 Å². The maximum absolute atomic E-state index is 10.8. The standard InChI is InChI=1S/C15H30N2O3.ClH/c1-4-17(12-15(18)19)14-6-9-16(10-7-14)8-5-11-20-13(2)3;/h13-14H,4-12H2,1-3H3,(H,18,19);1H. The van der Waals surface area contributed by atoms with Crippen LogP contribution in [0.3, 0.4) is 0 Å². The molecular formula is C15H31ClN2O3. The summed E-state index contributed by atoms with van der Waals surface area (Å²) in [5.74, 6) is -0.722. The van der Waals surface area contributed by atoms with Crippen molar-refractivity contribution in [3.63, 3.8) is 0 Å². The molecule has 0 aromatic rings. The topological polar surface area (TPSA) is 53.0 Å². The average Bonchev–Trinajstić information content (AvgIpc) is 2.41. The molecule has 6 heteroatoms. The molecule has 1 aliphatic heterocycles. The first-order chi connectivity index (χ1) is 9.52. The van der Waals surface area contributed by atoms with Crippen molar-refractivity contribution in [3.8, 4) is 0 Å². The maximum Gasteiger partial charge on any atom is 0.317 e. The lowest BCUT2D eigenvalue weighted by molar-refractivity contribution is -0.139. The number of likely N-dealkylation sites (tertiary alicyclic amines) is 1. The summed E-state index contributed by atoms with van der Waals surface area (Å²) in [5, 5.41) is 8.92. The molecule has 21 heavy (non-hydrogen) atoms. The van der Waals surface area contributed by atoms with Crippen molar-refractivity contribution in [2.75, 3.05) is 39.3 Å². The Bertz CT molecular complexity index is 282. The first-order valence-corrected chi connectivity index (χ1v) is 7.82. The number of carboxylic acid groups (broad SMARTS) is 1. The smallest absolute Gasteiger partial charge is 0.317 e. The minimum Gasteiger partial charge on any atom is -0.480 e. The molecule has 0 amide bonds. The van der Waals surface area contributed by atoms with Crippen LogP contribution in [0.25, 0.3) is 0 Å². The van der Waals surface area contributed by atoms with Gasteiger partial charge in [0.15, 0.2) is 0 Å². The van der Waals surface area contributed by atoms with E-state index in [4.69, 9.17) is 9.84 Å². The number of nitrogens with zero attached hydrogens (tertiary/aromatic N) is 2. The van der Waals surface area contributed by atoms with E-state index in [9.17, 15) is 4.79 Å². The second-order valence-corrected chi connectivity index (χ2v) is 5.80. The van der Waals surface area contributed by atoms with E-state index in [1.165, 1.54) is 0 Å². The Morgan fingerprint density at radius 2 is 2.00 bits per heavy atom. The number of rotatable bonds is 9. The molecule has 0 atom stereocenters. The van der Waals surface area contributed by atoms with Crippen molar-refractivity contribution >= 4 is 18.4 Å². The van der Waals surface area contributed by atoms with Crippen LogP contribution in [-0.4, -0.2) is 72.4 Å². The molecule has 1 fully saturated rings. The highest BCUT2D eigenvalue weighted by Crippen LogP contribution is 2.16. The Kier molecular flexibility index (Phi) is 11.0. The lowest BCUT2D eigenvalue weighted by Crippen LogP contribution is -2.46. The summed E-state index contributed by atoms with van der Waals surface area (Å²) in [4.78, 5) is 15.4. The van der Waals surface area contributed by atoms with E-state index < -0.39 is 5.97 Å². The van der Waals surface area contributed by atoms with E-state index in [1.807, 2.05) is 6.92 Å². The van der Waals surface area contributed by atoms with Crippen LogP contribution < -0.4 is 0 Å². The number of hydrogen-bond acceptors (Lipinski definition) is 4. The predicted molar refractivity (Wildman–Crippen MR) is 87.3 cm³/mol. The van der Waals surface area contributed by atoms with Crippen molar-refractivity contribution in [2.45, 2.75) is 52.2 Å². The van der Waals surface area contributed by atoms with Crippen molar-refractivity contribution in [3.05, 3.63) is 0 Å². The number of piperidine rings is 1. The molecule has 0 unspecified atom stereocenters. The van der Waals surface area contributed by atoms with Gasteiger partial charge >= 0.3 is 5.97 Å². The summed E-state index contributed by atoms with van der Waals surface area (Å²) in [7, 11) is 0. The third-order valence-electron chi connectivity index (χ3n) is 3.89. The number of halogens is 1. The fraction of sp³-hybridized carbons (Fsp3) is 0.933. The molecule has 0 saturated carbocycles. The minimum atomic E-state index is -0.722. The maximum atomic E-state index is 10.8. The normalized spacial score (nSPS) is 17.2. The summed E-state index contributed by atoms with van der Waals surface area (Å²) in [6, 6.07) is 0.430. The highest BCUT2D eigenvalue weighted by Gasteiger charge is 2.24. The summed E-state index contributed by atoms with van der Waals surface area (Å²) in [6.45, 7) is 11.2. The number of ether oxygens (including phenoxy) is 1. The van der Waals surface area contributed by atoms with Crippen LogP contribution in [-0.2, 0) is 9.53 Å². The van der Waals surface area contributed by atoms with Gasteiger partial charge < -0.3 is 14.7 Å². The summed E-state index contributed by atoms with van der Waals surface area (Å²) in [6.07, 6.45) is 3.54. The van der Waals surface area contributed by atoms with E-state index in [1.54, 1.807) is 0 Å². The van der Waals surface area contributed by atoms with Crippen molar-refractivity contribution in [2.24, 2.45) is 0 Å². The zero-order chi connectivity index (χ0) is 15.0. The van der Waals surface area contributed by atoms with E-state index in [2.05, 4.69) is 23.6 Å². The van der Waals surface area contributed by atoms with Crippen LogP contribution in [0.1, 0.15) is 40.0 Å². The lowest BCUT2D eigenvalue weighted by atomic mass is 10.0. The number of carboxylic acids is 1. The summed E-state index contributed by atoms with van der Waals surface area (Å²) < 4.78 is 5.55. The lowest BCUT2D eigenvalue weighted by Gasteiger charge is -2.37. The Balaban J connectivity index is 0.00000400. The second-order valence-electron chi connectivity index (χ2n) is 5.80. The average molecular weight is 323 g/mol. The van der Waals surface area contributed by atoms with E-state index in [0.29, 0.717) is 12.1 Å². The zero-order valence-electron chi connectivity index (χ0n) is 13.6. The Labute approximate surface area is 135 Å². The van der Waals surface area contributed by atoms with Gasteiger partial charge in [-0.05, 0) is 52.7 Å². The van der Waals surface area contributed by atoms with Crippen LogP contribution in [0.2, 0.25) is 0 Å². The van der Waals surface area contributed by atoms with Gasteiger partial charge in [0.1, 0.15) is 0 Å². The fourth-order valence-electron chi connectivity index (χ4n) is 2.79. The van der Waals surface area contributed by atoms with Crippen molar-refractivity contribution in [1.82, 2.24) is 9.80 Å². The van der Waals surface area contributed by atoms with Gasteiger partial charge in [0.05, 0.1) is 12.6 Å². The molecule has 1 aliphatic rings. The van der Waals surface area contributed by atoms with Gasteiger partial charge in [0, 0.05) is 19.2 Å². The molecule has 1 heterocycles. The van der Waals surface area contributed by atoms with E-state index in [0.717, 1.165) is 52.0 Å². The number of aliphatic carboxylic acids is 1. The number of carbonyl (C=O) groups is 1. The fourth-order valence-corrected chi connectivity index (χ4v) is 2.79. The van der Waals surface area contributed by atoms with Gasteiger partial charge in [0.25, 0.3) is 0 Å². The van der Waals surface area contributed by atoms with Crippen LogP contribution in [0.15, 0.2) is 0 Å². The molecule has 1 N–H and O–H groups in total. The summed E-state index contributed by atoms with van der Waals surface area (Å²) in [5.41, 5.74) is 0. The SMILES string of the molecule is CCN(CC(=O)O)C1CCN(CCCOC(C)C)CC1.Cl. The van der Waals surface area contributed by atoms with Crippen LogP contribution in [0.4, 0.5) is 0 Å². The van der Waals surface area contributed by atoms with Gasteiger partial charge in [-0.15, -0.1) is 12.4 Å². The molecule has 1 rings (SSSR count). The molecule has 0 bridgehead atoms. The molecule has 1 saturated heterocycles. The minimum absolute atomic E-state index is 0. The molecule has 5 nitrogen and oxygen atoms in total. The molecule has 0 aliphatic carbocycles.